The molecule has 5 nitrogen and oxygen atoms in total. The predicted molar refractivity (Wildman–Crippen MR) is 141 cm³/mol. The van der Waals surface area contributed by atoms with Gasteiger partial charge in [0, 0.05) is 23.5 Å². The largest absolute Gasteiger partial charge is 0.344 e. The molecule has 0 aliphatic rings. The van der Waals surface area contributed by atoms with Crippen LogP contribution in [0.2, 0.25) is 0 Å². The van der Waals surface area contributed by atoms with Gasteiger partial charge in [-0.3, -0.25) is 9.48 Å². The molecule has 0 fully saturated rings. The van der Waals surface area contributed by atoms with Crippen molar-refractivity contribution < 1.29 is 9.18 Å². The van der Waals surface area contributed by atoms with Gasteiger partial charge >= 0.3 is 0 Å². The summed E-state index contributed by atoms with van der Waals surface area (Å²) in [5.74, 6) is -0.557. The third-order valence-corrected chi connectivity index (χ3v) is 6.39. The molecular weight excluding hydrogens is 439 g/mol. The number of aromatic nitrogens is 3. The predicted octanol–water partition coefficient (Wildman–Crippen LogP) is 7.79. The van der Waals surface area contributed by atoms with Crippen molar-refractivity contribution in [2.45, 2.75) is 71.9 Å². The maximum Gasteiger partial charge on any atom is 0.259 e. The maximum atomic E-state index is 13.6. The van der Waals surface area contributed by atoms with Crippen molar-refractivity contribution in [3.8, 4) is 11.3 Å². The third-order valence-electron chi connectivity index (χ3n) is 6.39. The van der Waals surface area contributed by atoms with Crippen molar-refractivity contribution in [2.24, 2.45) is 0 Å². The fourth-order valence-corrected chi connectivity index (χ4v) is 4.74. The second-order valence-corrected chi connectivity index (χ2v) is 10.2. The highest BCUT2D eigenvalue weighted by atomic mass is 19.1. The van der Waals surface area contributed by atoms with Gasteiger partial charge < -0.3 is 9.88 Å². The molecule has 0 bridgehead atoms. The summed E-state index contributed by atoms with van der Waals surface area (Å²) < 4.78 is 17.8. The summed E-state index contributed by atoms with van der Waals surface area (Å²) in [6.07, 6.45) is 8.27. The van der Waals surface area contributed by atoms with Crippen LogP contribution < -0.4 is 5.32 Å². The van der Waals surface area contributed by atoms with Gasteiger partial charge in [-0.15, -0.1) is 0 Å². The van der Waals surface area contributed by atoms with Crippen molar-refractivity contribution >= 4 is 22.5 Å². The molecular formula is C29H35FN4O. The quantitative estimate of drug-likeness (QED) is 0.283. The van der Waals surface area contributed by atoms with Crippen LogP contribution in [0.3, 0.4) is 0 Å². The minimum Gasteiger partial charge on any atom is -0.344 e. The van der Waals surface area contributed by atoms with Crippen LogP contribution in [0.5, 0.6) is 0 Å². The Hall–Kier alpha value is -3.41. The number of hydrogen-bond acceptors (Lipinski definition) is 2. The van der Waals surface area contributed by atoms with E-state index in [4.69, 9.17) is 0 Å². The molecule has 2 aromatic carbocycles. The number of fused-ring (bicyclic) bond motifs is 1. The molecule has 0 unspecified atom stereocenters. The first-order valence-electron chi connectivity index (χ1n) is 12.5. The fourth-order valence-electron chi connectivity index (χ4n) is 4.74. The zero-order valence-electron chi connectivity index (χ0n) is 21.3. The number of nitrogens with one attached hydrogen (secondary N) is 1. The highest BCUT2D eigenvalue weighted by Gasteiger charge is 2.25. The van der Waals surface area contributed by atoms with Crippen LogP contribution in [-0.2, 0) is 5.54 Å². The van der Waals surface area contributed by atoms with Gasteiger partial charge in [0.25, 0.3) is 5.91 Å². The van der Waals surface area contributed by atoms with Crippen molar-refractivity contribution in [2.75, 3.05) is 5.32 Å². The van der Waals surface area contributed by atoms with Crippen LogP contribution in [0, 0.1) is 5.82 Å². The van der Waals surface area contributed by atoms with Crippen molar-refractivity contribution in [1.82, 2.24) is 14.3 Å². The van der Waals surface area contributed by atoms with E-state index in [1.54, 1.807) is 18.3 Å². The summed E-state index contributed by atoms with van der Waals surface area (Å²) in [5, 5.41) is 8.76. The van der Waals surface area contributed by atoms with E-state index in [9.17, 15) is 9.18 Å². The lowest BCUT2D eigenvalue weighted by atomic mass is 10.0. The number of carbonyl (C=O) groups excluding carboxylic acids is 1. The average Bonchev–Trinajstić information content (AvgIpc) is 3.44. The molecule has 6 heteroatoms. The minimum absolute atomic E-state index is 0.240. The Morgan fingerprint density at radius 1 is 1.03 bits per heavy atom. The summed E-state index contributed by atoms with van der Waals surface area (Å²) >= 11 is 0. The van der Waals surface area contributed by atoms with Gasteiger partial charge in [-0.1, -0.05) is 32.8 Å². The summed E-state index contributed by atoms with van der Waals surface area (Å²) in [5.41, 5.74) is 3.38. The van der Waals surface area contributed by atoms with E-state index >= 15 is 0 Å². The lowest BCUT2D eigenvalue weighted by Gasteiger charge is -2.23. The van der Waals surface area contributed by atoms with Gasteiger partial charge in [-0.2, -0.15) is 5.10 Å². The number of amides is 1. The number of rotatable bonds is 8. The van der Waals surface area contributed by atoms with Gasteiger partial charge in [0.05, 0.1) is 28.5 Å². The van der Waals surface area contributed by atoms with Crippen molar-refractivity contribution in [1.29, 1.82) is 0 Å². The lowest BCUT2D eigenvalue weighted by Crippen LogP contribution is -2.24. The molecule has 2 heterocycles. The molecule has 0 saturated heterocycles. The zero-order chi connectivity index (χ0) is 25.2. The van der Waals surface area contributed by atoms with E-state index in [0.717, 1.165) is 47.8 Å². The van der Waals surface area contributed by atoms with E-state index in [2.05, 4.69) is 53.2 Å². The SMILES string of the molecule is CCCC(CCC)n1ccc2ccc(NC(=O)c3cnn(C(C)(C)C)c3-c3ccc(F)cc3)cc21. The lowest BCUT2D eigenvalue weighted by molar-refractivity contribution is 0.102. The number of anilines is 1. The van der Waals surface area contributed by atoms with Crippen molar-refractivity contribution in [3.05, 3.63) is 72.3 Å². The summed E-state index contributed by atoms with van der Waals surface area (Å²) in [7, 11) is 0. The molecule has 0 atom stereocenters. The monoisotopic (exact) mass is 474 g/mol. The second-order valence-electron chi connectivity index (χ2n) is 10.2. The van der Waals surface area contributed by atoms with Crippen LogP contribution in [0.4, 0.5) is 10.1 Å². The molecule has 1 amide bonds. The smallest absolute Gasteiger partial charge is 0.259 e. The molecule has 0 aliphatic carbocycles. The molecule has 4 aromatic rings. The summed E-state index contributed by atoms with van der Waals surface area (Å²) in [6.45, 7) is 10.5. The van der Waals surface area contributed by atoms with Crippen LogP contribution in [0.1, 0.15) is 76.7 Å². The second kappa shape index (κ2) is 10.1. The maximum absolute atomic E-state index is 13.6. The Morgan fingerprint density at radius 2 is 1.71 bits per heavy atom. The number of nitrogens with zero attached hydrogens (tertiary/aromatic N) is 3. The Morgan fingerprint density at radius 3 is 2.34 bits per heavy atom. The van der Waals surface area contributed by atoms with E-state index in [1.165, 1.54) is 12.1 Å². The van der Waals surface area contributed by atoms with Crippen LogP contribution in [0.15, 0.2) is 60.9 Å². The molecule has 4 rings (SSSR count). The Kier molecular flexibility index (Phi) is 7.10. The Bertz CT molecular complexity index is 1300. The third kappa shape index (κ3) is 5.16. The van der Waals surface area contributed by atoms with Crippen LogP contribution >= 0.6 is 0 Å². The van der Waals surface area contributed by atoms with Gasteiger partial charge in [0.15, 0.2) is 0 Å². The van der Waals surface area contributed by atoms with Gasteiger partial charge in [0.1, 0.15) is 5.82 Å². The van der Waals surface area contributed by atoms with Crippen molar-refractivity contribution in [3.63, 3.8) is 0 Å². The number of carbonyl (C=O) groups is 1. The Balaban J connectivity index is 1.70. The van der Waals surface area contributed by atoms with Crippen LogP contribution in [0.25, 0.3) is 22.2 Å². The number of benzene rings is 2. The molecule has 0 saturated carbocycles. The number of hydrogen-bond donors (Lipinski definition) is 1. The molecule has 0 aliphatic heterocycles. The molecule has 0 radical (unpaired) electrons. The van der Waals surface area contributed by atoms with Gasteiger partial charge in [-0.05, 0) is 81.5 Å². The highest BCUT2D eigenvalue weighted by Crippen LogP contribution is 2.31. The normalized spacial score (nSPS) is 12.0. The molecule has 184 valence electrons. The van der Waals surface area contributed by atoms with E-state index in [0.29, 0.717) is 17.3 Å². The minimum atomic E-state index is -0.352. The van der Waals surface area contributed by atoms with E-state index < -0.39 is 0 Å². The fraction of sp³-hybridized carbons (Fsp3) is 0.379. The van der Waals surface area contributed by atoms with Gasteiger partial charge in [0.2, 0.25) is 0 Å². The van der Waals surface area contributed by atoms with Crippen LogP contribution in [-0.4, -0.2) is 20.3 Å². The Labute approximate surface area is 207 Å². The number of halogens is 1. The molecule has 1 N–H and O–H groups in total. The summed E-state index contributed by atoms with van der Waals surface area (Å²) in [4.78, 5) is 13.5. The van der Waals surface area contributed by atoms with E-state index in [-0.39, 0.29) is 17.3 Å². The zero-order valence-corrected chi connectivity index (χ0v) is 21.3. The first kappa shape index (κ1) is 24.7. The average molecular weight is 475 g/mol. The molecule has 35 heavy (non-hydrogen) atoms. The summed E-state index contributed by atoms with van der Waals surface area (Å²) in [6, 6.07) is 14.8. The standard InChI is InChI=1S/C29H35FN4O/c1-6-8-24(9-7-2)33-17-16-20-12-15-23(18-26(20)33)32-28(35)25-19-31-34(29(3,4)5)27(25)21-10-13-22(30)14-11-21/h10-19,24H,6-9H2,1-5H3,(H,32,35). The molecule has 2 aromatic heterocycles. The highest BCUT2D eigenvalue weighted by molar-refractivity contribution is 6.08. The molecule has 0 spiro atoms. The van der Waals surface area contributed by atoms with Gasteiger partial charge in [-0.25, -0.2) is 4.39 Å². The first-order valence-corrected chi connectivity index (χ1v) is 12.5. The topological polar surface area (TPSA) is 51.9 Å². The van der Waals surface area contributed by atoms with E-state index in [1.807, 2.05) is 31.5 Å². The first-order chi connectivity index (χ1) is 16.7.